The standard InChI is InChI=1S/C14H26N2/c1-2-8-14-12(5-1)6-4-10-16(14)11-13-7-3-9-15-13/h12-15H,1-11H2. The van der Waals surface area contributed by atoms with Gasteiger partial charge in [-0.1, -0.05) is 12.8 Å². The van der Waals surface area contributed by atoms with E-state index in [9.17, 15) is 0 Å². The topological polar surface area (TPSA) is 15.3 Å². The van der Waals surface area contributed by atoms with Crippen molar-refractivity contribution < 1.29 is 0 Å². The van der Waals surface area contributed by atoms with Crippen LogP contribution in [0.2, 0.25) is 0 Å². The Hall–Kier alpha value is -0.0800. The second kappa shape index (κ2) is 5.05. The molecule has 3 unspecified atom stereocenters. The summed E-state index contributed by atoms with van der Waals surface area (Å²) in [5, 5.41) is 3.66. The van der Waals surface area contributed by atoms with Crippen molar-refractivity contribution in [3.8, 4) is 0 Å². The lowest BCUT2D eigenvalue weighted by Crippen LogP contribution is -2.50. The van der Waals surface area contributed by atoms with Gasteiger partial charge in [-0.05, 0) is 57.5 Å². The summed E-state index contributed by atoms with van der Waals surface area (Å²) in [7, 11) is 0. The van der Waals surface area contributed by atoms with Crippen LogP contribution in [-0.2, 0) is 0 Å². The van der Waals surface area contributed by atoms with Crippen LogP contribution in [0, 0.1) is 5.92 Å². The Kier molecular flexibility index (Phi) is 3.49. The minimum atomic E-state index is 0.806. The van der Waals surface area contributed by atoms with Gasteiger partial charge in [0, 0.05) is 18.6 Å². The Morgan fingerprint density at radius 1 is 0.938 bits per heavy atom. The molecule has 3 atom stereocenters. The van der Waals surface area contributed by atoms with Crippen molar-refractivity contribution in [1.29, 1.82) is 0 Å². The molecular formula is C14H26N2. The van der Waals surface area contributed by atoms with Crippen LogP contribution >= 0.6 is 0 Å². The Morgan fingerprint density at radius 3 is 2.69 bits per heavy atom. The smallest absolute Gasteiger partial charge is 0.0195 e. The summed E-state index contributed by atoms with van der Waals surface area (Å²) >= 11 is 0. The molecule has 1 N–H and O–H groups in total. The average Bonchev–Trinajstić information content (AvgIpc) is 2.82. The van der Waals surface area contributed by atoms with Gasteiger partial charge in [0.05, 0.1) is 0 Å². The maximum Gasteiger partial charge on any atom is 0.0195 e. The van der Waals surface area contributed by atoms with Crippen LogP contribution in [0.4, 0.5) is 0 Å². The zero-order valence-corrected chi connectivity index (χ0v) is 10.5. The molecule has 0 bridgehead atoms. The monoisotopic (exact) mass is 222 g/mol. The summed E-state index contributed by atoms with van der Waals surface area (Å²) in [6.45, 7) is 3.97. The molecule has 1 aliphatic carbocycles. The fourth-order valence-electron chi connectivity index (χ4n) is 4.15. The SMILES string of the molecule is C1CNC(CN2CCCC3CCCCC32)C1. The molecule has 0 spiro atoms. The van der Waals surface area contributed by atoms with E-state index in [-0.39, 0.29) is 0 Å². The van der Waals surface area contributed by atoms with Gasteiger partial charge in [0.1, 0.15) is 0 Å². The van der Waals surface area contributed by atoms with Crippen LogP contribution in [0.25, 0.3) is 0 Å². The summed E-state index contributed by atoms with van der Waals surface area (Å²) in [4.78, 5) is 2.83. The largest absolute Gasteiger partial charge is 0.313 e. The fourth-order valence-corrected chi connectivity index (χ4v) is 4.15. The van der Waals surface area contributed by atoms with Gasteiger partial charge >= 0.3 is 0 Å². The van der Waals surface area contributed by atoms with Gasteiger partial charge in [0.2, 0.25) is 0 Å². The predicted octanol–water partition coefficient (Wildman–Crippen LogP) is 2.39. The lowest BCUT2D eigenvalue weighted by atomic mass is 9.78. The average molecular weight is 222 g/mol. The summed E-state index contributed by atoms with van der Waals surface area (Å²) in [6, 6.07) is 1.76. The third kappa shape index (κ3) is 2.28. The molecule has 16 heavy (non-hydrogen) atoms. The van der Waals surface area contributed by atoms with Crippen molar-refractivity contribution in [3.63, 3.8) is 0 Å². The number of nitrogens with zero attached hydrogens (tertiary/aromatic N) is 1. The van der Waals surface area contributed by atoms with Crippen LogP contribution in [0.3, 0.4) is 0 Å². The first-order chi connectivity index (χ1) is 7.93. The number of hydrogen-bond donors (Lipinski definition) is 1. The molecule has 2 heterocycles. The van der Waals surface area contributed by atoms with Crippen molar-refractivity contribution in [2.45, 2.75) is 63.5 Å². The van der Waals surface area contributed by atoms with E-state index in [0.717, 1.165) is 18.0 Å². The molecular weight excluding hydrogens is 196 g/mol. The maximum atomic E-state index is 3.66. The molecule has 3 aliphatic rings. The van der Waals surface area contributed by atoms with E-state index in [1.807, 2.05) is 0 Å². The van der Waals surface area contributed by atoms with Crippen molar-refractivity contribution in [2.24, 2.45) is 5.92 Å². The van der Waals surface area contributed by atoms with Crippen LogP contribution in [0.15, 0.2) is 0 Å². The van der Waals surface area contributed by atoms with Crippen LogP contribution < -0.4 is 5.32 Å². The van der Waals surface area contributed by atoms with E-state index in [4.69, 9.17) is 0 Å². The van der Waals surface area contributed by atoms with Crippen LogP contribution in [-0.4, -0.2) is 36.6 Å². The van der Waals surface area contributed by atoms with E-state index in [1.165, 1.54) is 71.0 Å². The Labute approximate surface area is 99.8 Å². The second-order valence-corrected chi connectivity index (χ2v) is 6.04. The van der Waals surface area contributed by atoms with Crippen LogP contribution in [0.1, 0.15) is 51.4 Å². The van der Waals surface area contributed by atoms with E-state index < -0.39 is 0 Å². The Bertz CT molecular complexity index is 221. The summed E-state index contributed by atoms with van der Waals surface area (Å²) in [6.07, 6.45) is 11.7. The predicted molar refractivity (Wildman–Crippen MR) is 67.6 cm³/mol. The van der Waals surface area contributed by atoms with Gasteiger partial charge in [-0.2, -0.15) is 0 Å². The number of nitrogens with one attached hydrogen (secondary N) is 1. The molecule has 0 aromatic carbocycles. The maximum absolute atomic E-state index is 3.66. The molecule has 2 heteroatoms. The third-order valence-electron chi connectivity index (χ3n) is 4.98. The van der Waals surface area contributed by atoms with Gasteiger partial charge in [0.25, 0.3) is 0 Å². The highest BCUT2D eigenvalue weighted by molar-refractivity contribution is 4.90. The summed E-state index contributed by atoms with van der Waals surface area (Å²) in [5.41, 5.74) is 0. The van der Waals surface area contributed by atoms with E-state index >= 15 is 0 Å². The molecule has 0 amide bonds. The number of piperidine rings is 1. The molecule has 2 aliphatic heterocycles. The quantitative estimate of drug-likeness (QED) is 0.772. The van der Waals surface area contributed by atoms with E-state index in [0.29, 0.717) is 0 Å². The number of hydrogen-bond acceptors (Lipinski definition) is 2. The summed E-state index contributed by atoms with van der Waals surface area (Å²) < 4.78 is 0. The van der Waals surface area contributed by atoms with E-state index in [2.05, 4.69) is 10.2 Å². The van der Waals surface area contributed by atoms with Crippen molar-refractivity contribution in [3.05, 3.63) is 0 Å². The number of fused-ring (bicyclic) bond motifs is 1. The first kappa shape index (κ1) is 11.0. The third-order valence-corrected chi connectivity index (χ3v) is 4.98. The zero-order valence-electron chi connectivity index (χ0n) is 10.5. The Balaban J connectivity index is 1.59. The Morgan fingerprint density at radius 2 is 1.81 bits per heavy atom. The molecule has 2 saturated heterocycles. The highest BCUT2D eigenvalue weighted by atomic mass is 15.2. The first-order valence-electron chi connectivity index (χ1n) is 7.41. The highest BCUT2D eigenvalue weighted by Gasteiger charge is 2.34. The van der Waals surface area contributed by atoms with Gasteiger partial charge in [0.15, 0.2) is 0 Å². The number of likely N-dealkylation sites (tertiary alicyclic amines) is 1. The molecule has 0 radical (unpaired) electrons. The molecule has 0 aromatic heterocycles. The molecule has 0 aromatic rings. The second-order valence-electron chi connectivity index (χ2n) is 6.04. The van der Waals surface area contributed by atoms with Crippen molar-refractivity contribution in [2.75, 3.05) is 19.6 Å². The highest BCUT2D eigenvalue weighted by Crippen LogP contribution is 2.35. The molecule has 1 saturated carbocycles. The van der Waals surface area contributed by atoms with Crippen molar-refractivity contribution >= 4 is 0 Å². The zero-order chi connectivity index (χ0) is 10.8. The van der Waals surface area contributed by atoms with E-state index in [1.54, 1.807) is 0 Å². The molecule has 92 valence electrons. The minimum Gasteiger partial charge on any atom is -0.313 e. The number of rotatable bonds is 2. The summed E-state index contributed by atoms with van der Waals surface area (Å²) in [5.74, 6) is 1.05. The first-order valence-corrected chi connectivity index (χ1v) is 7.41. The molecule has 3 fully saturated rings. The van der Waals surface area contributed by atoms with Gasteiger partial charge < -0.3 is 5.32 Å². The van der Waals surface area contributed by atoms with Gasteiger partial charge in [-0.3, -0.25) is 4.90 Å². The fraction of sp³-hybridized carbons (Fsp3) is 1.00. The van der Waals surface area contributed by atoms with Gasteiger partial charge in [-0.15, -0.1) is 0 Å². The van der Waals surface area contributed by atoms with Crippen molar-refractivity contribution in [1.82, 2.24) is 10.2 Å². The molecule has 2 nitrogen and oxygen atoms in total. The lowest BCUT2D eigenvalue weighted by molar-refractivity contribution is 0.0546. The lowest BCUT2D eigenvalue weighted by Gasteiger charge is -2.45. The van der Waals surface area contributed by atoms with Crippen LogP contribution in [0.5, 0.6) is 0 Å². The van der Waals surface area contributed by atoms with Gasteiger partial charge in [-0.25, -0.2) is 0 Å². The minimum absolute atomic E-state index is 0.806. The normalized spacial score (nSPS) is 40.9. The molecule has 3 rings (SSSR count).